The van der Waals surface area contributed by atoms with Crippen molar-refractivity contribution in [3.63, 3.8) is 0 Å². The second kappa shape index (κ2) is 7.14. The Bertz CT molecular complexity index is 722. The van der Waals surface area contributed by atoms with Crippen LogP contribution in [0.1, 0.15) is 30.6 Å². The van der Waals surface area contributed by atoms with Crippen molar-refractivity contribution in [3.05, 3.63) is 52.5 Å². The minimum Gasteiger partial charge on any atom is -0.335 e. The highest BCUT2D eigenvalue weighted by Gasteiger charge is 2.41. The van der Waals surface area contributed by atoms with E-state index in [1.807, 2.05) is 11.3 Å². The van der Waals surface area contributed by atoms with Crippen LogP contribution in [0.25, 0.3) is 0 Å². The summed E-state index contributed by atoms with van der Waals surface area (Å²) in [6.07, 6.45) is 4.39. The molecule has 2 aliphatic heterocycles. The number of anilines is 1. The maximum absolute atomic E-state index is 13.2. The van der Waals surface area contributed by atoms with Gasteiger partial charge in [0.05, 0.1) is 0 Å². The van der Waals surface area contributed by atoms with E-state index in [1.54, 1.807) is 12.1 Å². The number of carbonyl (C=O) groups is 1. The Labute approximate surface area is 151 Å². The molecule has 3 atom stereocenters. The van der Waals surface area contributed by atoms with E-state index in [9.17, 15) is 9.18 Å². The van der Waals surface area contributed by atoms with Gasteiger partial charge in [0.15, 0.2) is 0 Å². The summed E-state index contributed by atoms with van der Waals surface area (Å²) in [7, 11) is 0. The molecule has 2 amide bonds. The summed E-state index contributed by atoms with van der Waals surface area (Å²) in [5.74, 6) is -0.349. The number of nitrogens with zero attached hydrogens (tertiary/aromatic N) is 1. The van der Waals surface area contributed by atoms with Crippen LogP contribution in [0.2, 0.25) is 0 Å². The standard InChI is InChI=1S/C19H22FN3OS/c20-13-3-1-4-14(9-13)21-19(24)22-15-10-16-6-7-17(11-15)23(16)12-18-5-2-8-25-18/h1-5,8-9,15-17H,6-7,10-12H2,(H2,21,22,24)/t15?,16-,17+. The first-order chi connectivity index (χ1) is 12.2. The monoisotopic (exact) mass is 359 g/mol. The lowest BCUT2D eigenvalue weighted by Gasteiger charge is -2.39. The number of urea groups is 1. The molecular weight excluding hydrogens is 337 g/mol. The Morgan fingerprint density at radius 1 is 1.20 bits per heavy atom. The Balaban J connectivity index is 1.32. The van der Waals surface area contributed by atoms with E-state index in [-0.39, 0.29) is 17.9 Å². The van der Waals surface area contributed by atoms with Crippen molar-refractivity contribution in [2.75, 3.05) is 5.32 Å². The average molecular weight is 359 g/mol. The Kier molecular flexibility index (Phi) is 4.72. The molecule has 132 valence electrons. The second-order valence-corrected chi connectivity index (χ2v) is 7.95. The van der Waals surface area contributed by atoms with Crippen LogP contribution in [0.3, 0.4) is 0 Å². The zero-order valence-corrected chi connectivity index (χ0v) is 14.8. The lowest BCUT2D eigenvalue weighted by molar-refractivity contribution is 0.113. The van der Waals surface area contributed by atoms with Crippen LogP contribution >= 0.6 is 11.3 Å². The Morgan fingerprint density at radius 3 is 2.68 bits per heavy atom. The fraction of sp³-hybridized carbons (Fsp3) is 0.421. The van der Waals surface area contributed by atoms with Gasteiger partial charge < -0.3 is 10.6 Å². The number of fused-ring (bicyclic) bond motifs is 2. The molecule has 25 heavy (non-hydrogen) atoms. The van der Waals surface area contributed by atoms with Gasteiger partial charge >= 0.3 is 6.03 Å². The van der Waals surface area contributed by atoms with Gasteiger partial charge in [-0.2, -0.15) is 0 Å². The van der Waals surface area contributed by atoms with E-state index < -0.39 is 0 Å². The molecule has 0 radical (unpaired) electrons. The van der Waals surface area contributed by atoms with Crippen LogP contribution in [0, 0.1) is 5.82 Å². The van der Waals surface area contributed by atoms with Gasteiger partial charge in [0.2, 0.25) is 0 Å². The number of hydrogen-bond donors (Lipinski definition) is 2. The third-order valence-electron chi connectivity index (χ3n) is 5.22. The summed E-state index contributed by atoms with van der Waals surface area (Å²) in [6, 6.07) is 11.3. The Hall–Kier alpha value is -1.92. The number of halogens is 1. The van der Waals surface area contributed by atoms with Gasteiger partial charge in [-0.1, -0.05) is 12.1 Å². The van der Waals surface area contributed by atoms with Crippen LogP contribution in [-0.4, -0.2) is 29.1 Å². The summed E-state index contributed by atoms with van der Waals surface area (Å²) in [6.45, 7) is 1.02. The molecule has 2 bridgehead atoms. The zero-order chi connectivity index (χ0) is 17.2. The van der Waals surface area contributed by atoms with Crippen molar-refractivity contribution < 1.29 is 9.18 Å². The van der Waals surface area contributed by atoms with Crippen LogP contribution in [0.15, 0.2) is 41.8 Å². The van der Waals surface area contributed by atoms with Gasteiger partial charge in [0.25, 0.3) is 0 Å². The number of amides is 2. The topological polar surface area (TPSA) is 44.4 Å². The predicted octanol–water partition coefficient (Wildman–Crippen LogP) is 4.20. The molecule has 2 aromatic rings. The summed E-state index contributed by atoms with van der Waals surface area (Å²) < 4.78 is 13.2. The molecule has 6 heteroatoms. The van der Waals surface area contributed by atoms with Crippen molar-refractivity contribution >= 4 is 23.1 Å². The van der Waals surface area contributed by atoms with Crippen molar-refractivity contribution in [2.45, 2.75) is 50.4 Å². The minimum atomic E-state index is -0.349. The lowest BCUT2D eigenvalue weighted by atomic mass is 9.97. The maximum Gasteiger partial charge on any atom is 0.319 e. The highest BCUT2D eigenvalue weighted by Crippen LogP contribution is 2.37. The molecule has 1 aromatic carbocycles. The molecule has 1 aromatic heterocycles. The summed E-state index contributed by atoms with van der Waals surface area (Å²) >= 11 is 1.81. The Morgan fingerprint density at radius 2 is 2.00 bits per heavy atom. The van der Waals surface area contributed by atoms with E-state index in [2.05, 4.69) is 33.0 Å². The minimum absolute atomic E-state index is 0.186. The van der Waals surface area contributed by atoms with Gasteiger partial charge in [-0.15, -0.1) is 11.3 Å². The molecule has 2 aliphatic rings. The molecule has 4 rings (SSSR count). The average Bonchev–Trinajstić information content (AvgIpc) is 3.15. The first-order valence-corrected chi connectivity index (χ1v) is 9.66. The van der Waals surface area contributed by atoms with Crippen LogP contribution in [0.4, 0.5) is 14.9 Å². The molecule has 2 N–H and O–H groups in total. The molecule has 0 aliphatic carbocycles. The zero-order valence-electron chi connectivity index (χ0n) is 14.0. The van der Waals surface area contributed by atoms with E-state index in [0.29, 0.717) is 17.8 Å². The molecule has 2 saturated heterocycles. The van der Waals surface area contributed by atoms with Crippen molar-refractivity contribution in [2.24, 2.45) is 0 Å². The molecule has 0 spiro atoms. The van der Waals surface area contributed by atoms with Crippen LogP contribution in [-0.2, 0) is 6.54 Å². The van der Waals surface area contributed by atoms with E-state index in [1.165, 1.54) is 29.9 Å². The molecule has 2 fully saturated rings. The van der Waals surface area contributed by atoms with Gasteiger partial charge in [-0.05, 0) is 55.3 Å². The number of benzene rings is 1. The first kappa shape index (κ1) is 16.5. The molecular formula is C19H22FN3OS. The fourth-order valence-corrected chi connectivity index (χ4v) is 4.86. The summed E-state index contributed by atoms with van der Waals surface area (Å²) in [4.78, 5) is 16.2. The molecule has 1 unspecified atom stereocenters. The van der Waals surface area contributed by atoms with Crippen molar-refractivity contribution in [1.82, 2.24) is 10.2 Å². The van der Waals surface area contributed by atoms with Crippen molar-refractivity contribution in [1.29, 1.82) is 0 Å². The quantitative estimate of drug-likeness (QED) is 0.859. The third-order valence-corrected chi connectivity index (χ3v) is 6.08. The normalized spacial score (nSPS) is 25.7. The molecule has 3 heterocycles. The SMILES string of the molecule is O=C(Nc1cccc(F)c1)NC1C[C@H]2CC[C@@H](C1)N2Cc1cccs1. The van der Waals surface area contributed by atoms with E-state index >= 15 is 0 Å². The number of thiophene rings is 1. The molecule has 0 saturated carbocycles. The molecule has 4 nitrogen and oxygen atoms in total. The summed E-state index contributed by atoms with van der Waals surface area (Å²) in [5.41, 5.74) is 0.482. The van der Waals surface area contributed by atoms with Crippen LogP contribution < -0.4 is 10.6 Å². The summed E-state index contributed by atoms with van der Waals surface area (Å²) in [5, 5.41) is 7.92. The van der Waals surface area contributed by atoms with Gasteiger partial charge in [-0.25, -0.2) is 9.18 Å². The van der Waals surface area contributed by atoms with Gasteiger partial charge in [-0.3, -0.25) is 4.90 Å². The first-order valence-electron chi connectivity index (χ1n) is 8.78. The lowest BCUT2D eigenvalue weighted by Crippen LogP contribution is -2.50. The van der Waals surface area contributed by atoms with Gasteiger partial charge in [0.1, 0.15) is 5.82 Å². The maximum atomic E-state index is 13.2. The largest absolute Gasteiger partial charge is 0.335 e. The van der Waals surface area contributed by atoms with E-state index in [4.69, 9.17) is 0 Å². The number of piperidine rings is 1. The highest BCUT2D eigenvalue weighted by atomic mass is 32.1. The van der Waals surface area contributed by atoms with Crippen molar-refractivity contribution in [3.8, 4) is 0 Å². The number of carbonyl (C=O) groups excluding carboxylic acids is 1. The third kappa shape index (κ3) is 3.85. The number of rotatable bonds is 4. The second-order valence-electron chi connectivity index (χ2n) is 6.91. The fourth-order valence-electron chi connectivity index (χ4n) is 4.15. The highest BCUT2D eigenvalue weighted by molar-refractivity contribution is 7.09. The predicted molar refractivity (Wildman–Crippen MR) is 98.2 cm³/mol. The number of nitrogens with one attached hydrogen (secondary N) is 2. The van der Waals surface area contributed by atoms with Crippen LogP contribution in [0.5, 0.6) is 0 Å². The van der Waals surface area contributed by atoms with E-state index in [0.717, 1.165) is 19.4 Å². The van der Waals surface area contributed by atoms with Gasteiger partial charge in [0, 0.05) is 35.2 Å². The smallest absolute Gasteiger partial charge is 0.319 e. The number of hydrogen-bond acceptors (Lipinski definition) is 3.